The van der Waals surface area contributed by atoms with Crippen LogP contribution in [0.2, 0.25) is 0 Å². The highest BCUT2D eigenvalue weighted by Gasteiger charge is 2.34. The van der Waals surface area contributed by atoms with E-state index in [-0.39, 0.29) is 11.6 Å². The molecule has 11 heavy (non-hydrogen) atoms. The van der Waals surface area contributed by atoms with Crippen molar-refractivity contribution in [2.45, 2.75) is 18.9 Å². The number of amides is 2. The second-order valence-corrected chi connectivity index (χ2v) is 3.16. The molecule has 1 rings (SSSR count). The van der Waals surface area contributed by atoms with Crippen molar-refractivity contribution >= 4 is 6.03 Å². The number of ether oxygens (including phenoxy) is 1. The second-order valence-electron chi connectivity index (χ2n) is 3.16. The van der Waals surface area contributed by atoms with E-state index in [1.165, 1.54) is 0 Å². The molecular weight excluding hydrogens is 144 g/mol. The lowest BCUT2D eigenvalue weighted by molar-refractivity contribution is 0.0177. The quantitative estimate of drug-likeness (QED) is 0.591. The number of nitrogens with zero attached hydrogens (tertiary/aromatic N) is 1. The molecule has 4 heteroatoms. The van der Waals surface area contributed by atoms with Crippen LogP contribution < -0.4 is 5.73 Å². The lowest BCUT2D eigenvalue weighted by Gasteiger charge is -2.21. The van der Waals surface area contributed by atoms with Gasteiger partial charge in [-0.15, -0.1) is 0 Å². The van der Waals surface area contributed by atoms with Gasteiger partial charge in [0.1, 0.15) is 0 Å². The molecule has 1 heterocycles. The minimum absolute atomic E-state index is 0.185. The summed E-state index contributed by atoms with van der Waals surface area (Å²) in [5.41, 5.74) is 4.92. The van der Waals surface area contributed by atoms with Gasteiger partial charge >= 0.3 is 6.03 Å². The molecule has 0 aromatic heterocycles. The number of rotatable bonds is 1. The molecule has 1 aliphatic rings. The van der Waals surface area contributed by atoms with Crippen molar-refractivity contribution in [1.29, 1.82) is 0 Å². The molecule has 1 fully saturated rings. The Morgan fingerprint density at radius 3 is 2.64 bits per heavy atom. The van der Waals surface area contributed by atoms with Crippen LogP contribution in [0.5, 0.6) is 0 Å². The van der Waals surface area contributed by atoms with Crippen molar-refractivity contribution in [2.75, 3.05) is 20.2 Å². The number of methoxy groups -OCH3 is 1. The number of carbonyl (C=O) groups excluding carboxylic acids is 1. The zero-order valence-electron chi connectivity index (χ0n) is 6.96. The van der Waals surface area contributed by atoms with Crippen molar-refractivity contribution < 1.29 is 9.53 Å². The minimum atomic E-state index is -0.356. The summed E-state index contributed by atoms with van der Waals surface area (Å²) >= 11 is 0. The third-order valence-electron chi connectivity index (χ3n) is 2.24. The van der Waals surface area contributed by atoms with Crippen molar-refractivity contribution in [1.82, 2.24) is 4.90 Å². The van der Waals surface area contributed by atoms with Gasteiger partial charge in [0.25, 0.3) is 0 Å². The molecular formula is C7H14N2O2. The van der Waals surface area contributed by atoms with Crippen LogP contribution in [0.3, 0.4) is 0 Å². The number of carbonyl (C=O) groups is 1. The van der Waals surface area contributed by atoms with Gasteiger partial charge in [0.15, 0.2) is 0 Å². The van der Waals surface area contributed by atoms with Gasteiger partial charge in [0.05, 0.1) is 12.1 Å². The first-order valence-corrected chi connectivity index (χ1v) is 3.67. The van der Waals surface area contributed by atoms with Gasteiger partial charge in [-0.25, -0.2) is 4.79 Å². The maximum absolute atomic E-state index is 10.7. The molecule has 2 N–H and O–H groups in total. The van der Waals surface area contributed by atoms with Gasteiger partial charge < -0.3 is 15.4 Å². The van der Waals surface area contributed by atoms with Gasteiger partial charge in [-0.05, 0) is 13.3 Å². The topological polar surface area (TPSA) is 55.6 Å². The third-order valence-corrected chi connectivity index (χ3v) is 2.24. The number of urea groups is 1. The van der Waals surface area contributed by atoms with Crippen LogP contribution in [-0.4, -0.2) is 36.7 Å². The molecule has 1 saturated heterocycles. The average Bonchev–Trinajstić information content (AvgIpc) is 2.33. The van der Waals surface area contributed by atoms with Crippen molar-refractivity contribution in [3.63, 3.8) is 0 Å². The summed E-state index contributed by atoms with van der Waals surface area (Å²) in [5.74, 6) is 0. The highest BCUT2D eigenvalue weighted by molar-refractivity contribution is 5.72. The van der Waals surface area contributed by atoms with E-state index >= 15 is 0 Å². The number of primary amides is 1. The second kappa shape index (κ2) is 2.70. The number of nitrogens with two attached hydrogens (primary N) is 1. The van der Waals surface area contributed by atoms with Crippen LogP contribution in [0, 0.1) is 0 Å². The molecule has 0 spiro atoms. The Kier molecular flexibility index (Phi) is 2.04. The SMILES string of the molecule is COC1(C)CCN(C(N)=O)C1. The van der Waals surface area contributed by atoms with E-state index in [1.807, 2.05) is 6.92 Å². The Morgan fingerprint density at radius 1 is 1.73 bits per heavy atom. The molecule has 1 aliphatic heterocycles. The third kappa shape index (κ3) is 1.63. The van der Waals surface area contributed by atoms with Crippen LogP contribution in [0.1, 0.15) is 13.3 Å². The molecule has 0 bridgehead atoms. The molecule has 0 radical (unpaired) electrons. The van der Waals surface area contributed by atoms with Crippen LogP contribution in [-0.2, 0) is 4.74 Å². The molecule has 64 valence electrons. The van der Waals surface area contributed by atoms with E-state index in [4.69, 9.17) is 10.5 Å². The summed E-state index contributed by atoms with van der Waals surface area (Å²) < 4.78 is 5.23. The predicted octanol–water partition coefficient (Wildman–Crippen LogP) is 0.176. The van der Waals surface area contributed by atoms with Gasteiger partial charge in [0.2, 0.25) is 0 Å². The molecule has 4 nitrogen and oxygen atoms in total. The maximum Gasteiger partial charge on any atom is 0.314 e. The molecule has 0 saturated carbocycles. The fourth-order valence-electron chi connectivity index (χ4n) is 1.29. The zero-order chi connectivity index (χ0) is 8.48. The molecule has 0 aromatic carbocycles. The summed E-state index contributed by atoms with van der Waals surface area (Å²) in [6, 6.07) is -0.356. The highest BCUT2D eigenvalue weighted by atomic mass is 16.5. The van der Waals surface area contributed by atoms with Crippen molar-refractivity contribution in [3.05, 3.63) is 0 Å². The Labute approximate surface area is 66.3 Å². The lowest BCUT2D eigenvalue weighted by atomic mass is 10.1. The standard InChI is InChI=1S/C7H14N2O2/c1-7(11-2)3-4-9(5-7)6(8)10/h3-5H2,1-2H3,(H2,8,10). The first kappa shape index (κ1) is 8.33. The van der Waals surface area contributed by atoms with Gasteiger partial charge in [-0.2, -0.15) is 0 Å². The number of hydrogen-bond donors (Lipinski definition) is 1. The Hall–Kier alpha value is -0.770. The van der Waals surface area contributed by atoms with Gasteiger partial charge in [0, 0.05) is 13.7 Å². The van der Waals surface area contributed by atoms with E-state index in [2.05, 4.69) is 0 Å². The first-order chi connectivity index (χ1) is 5.07. The molecule has 0 aromatic rings. The predicted molar refractivity (Wildman–Crippen MR) is 41.2 cm³/mol. The van der Waals surface area contributed by atoms with Crippen LogP contribution in [0.4, 0.5) is 4.79 Å². The fourth-order valence-corrected chi connectivity index (χ4v) is 1.29. The minimum Gasteiger partial charge on any atom is -0.377 e. The number of likely N-dealkylation sites (tertiary alicyclic amines) is 1. The highest BCUT2D eigenvalue weighted by Crippen LogP contribution is 2.23. The Balaban J connectivity index is 2.53. The average molecular weight is 158 g/mol. The largest absolute Gasteiger partial charge is 0.377 e. The Morgan fingerprint density at radius 2 is 2.36 bits per heavy atom. The van der Waals surface area contributed by atoms with E-state index in [9.17, 15) is 4.79 Å². The van der Waals surface area contributed by atoms with Crippen LogP contribution >= 0.6 is 0 Å². The molecule has 2 amide bonds. The summed E-state index contributed by atoms with van der Waals surface area (Å²) in [7, 11) is 1.66. The van der Waals surface area contributed by atoms with E-state index < -0.39 is 0 Å². The molecule has 1 unspecified atom stereocenters. The summed E-state index contributed by atoms with van der Waals surface area (Å²) in [5, 5.41) is 0. The summed E-state index contributed by atoms with van der Waals surface area (Å²) in [6.07, 6.45) is 0.868. The summed E-state index contributed by atoms with van der Waals surface area (Å²) in [6.45, 7) is 3.30. The summed E-state index contributed by atoms with van der Waals surface area (Å²) in [4.78, 5) is 12.3. The van der Waals surface area contributed by atoms with Crippen molar-refractivity contribution in [2.24, 2.45) is 5.73 Å². The molecule has 0 aliphatic carbocycles. The van der Waals surface area contributed by atoms with Crippen LogP contribution in [0.25, 0.3) is 0 Å². The number of hydrogen-bond acceptors (Lipinski definition) is 2. The molecule has 1 atom stereocenters. The van der Waals surface area contributed by atoms with Crippen molar-refractivity contribution in [3.8, 4) is 0 Å². The van der Waals surface area contributed by atoms with E-state index in [0.29, 0.717) is 13.1 Å². The Bertz CT molecular complexity index is 172. The zero-order valence-corrected chi connectivity index (χ0v) is 6.96. The smallest absolute Gasteiger partial charge is 0.314 e. The normalized spacial score (nSPS) is 30.9. The fraction of sp³-hybridized carbons (Fsp3) is 0.857. The monoisotopic (exact) mass is 158 g/mol. The maximum atomic E-state index is 10.7. The van der Waals surface area contributed by atoms with Gasteiger partial charge in [-0.1, -0.05) is 0 Å². The van der Waals surface area contributed by atoms with Gasteiger partial charge in [-0.3, -0.25) is 0 Å². The van der Waals surface area contributed by atoms with E-state index in [1.54, 1.807) is 12.0 Å². The van der Waals surface area contributed by atoms with Crippen LogP contribution in [0.15, 0.2) is 0 Å². The van der Waals surface area contributed by atoms with E-state index in [0.717, 1.165) is 6.42 Å². The first-order valence-electron chi connectivity index (χ1n) is 3.67. The lowest BCUT2D eigenvalue weighted by Crippen LogP contribution is -2.38.